The van der Waals surface area contributed by atoms with Gasteiger partial charge in [-0.1, -0.05) is 12.1 Å². The van der Waals surface area contributed by atoms with Gasteiger partial charge in [-0.2, -0.15) is 11.0 Å². The van der Waals surface area contributed by atoms with E-state index in [0.717, 1.165) is 0 Å². The Balaban J connectivity index is 2.02. The van der Waals surface area contributed by atoms with Crippen LogP contribution in [0.1, 0.15) is 10.4 Å². The molecule has 0 amide bonds. The molecule has 1 fully saturated rings. The number of hydrogen-bond donors (Lipinski definition) is 3. The molecular weight excluding hydrogens is 200 g/mol. The Kier molecular flexibility index (Phi) is 2.82. The van der Waals surface area contributed by atoms with Crippen LogP contribution >= 0.6 is 0 Å². The van der Waals surface area contributed by atoms with Crippen LogP contribution in [-0.4, -0.2) is 23.8 Å². The van der Waals surface area contributed by atoms with Gasteiger partial charge >= 0.3 is 5.97 Å². The summed E-state index contributed by atoms with van der Waals surface area (Å²) in [6.07, 6.45) is -0.105. The van der Waals surface area contributed by atoms with Gasteiger partial charge in [-0.3, -0.25) is 0 Å². The lowest BCUT2D eigenvalue weighted by Gasteiger charge is -2.27. The first-order chi connectivity index (χ1) is 7.27. The lowest BCUT2D eigenvalue weighted by Crippen LogP contribution is -2.59. The van der Waals surface area contributed by atoms with Gasteiger partial charge in [0.2, 0.25) is 0 Å². The molecule has 6 heteroatoms. The van der Waals surface area contributed by atoms with E-state index in [1.807, 2.05) is 0 Å². The van der Waals surface area contributed by atoms with Crippen LogP contribution in [0, 0.1) is 0 Å². The second-order valence-corrected chi connectivity index (χ2v) is 3.00. The minimum Gasteiger partial charge on any atom is -0.489 e. The number of hydrogen-bond acceptors (Lipinski definition) is 5. The molecule has 0 aromatic heterocycles. The second kappa shape index (κ2) is 4.26. The predicted octanol–water partition coefficient (Wildman–Crippen LogP) is 0.129. The summed E-state index contributed by atoms with van der Waals surface area (Å²) in [5.74, 6) is -0.656. The van der Waals surface area contributed by atoms with Crippen molar-refractivity contribution in [2.45, 2.75) is 6.17 Å². The van der Waals surface area contributed by atoms with Crippen molar-refractivity contribution in [3.05, 3.63) is 29.8 Å². The highest BCUT2D eigenvalue weighted by atomic mass is 16.8. The SMILES string of the molecule is O=C(O)c1ccccc1OCC1NON1. The molecule has 0 spiro atoms. The molecule has 1 heterocycles. The minimum atomic E-state index is -1.00. The maximum atomic E-state index is 10.8. The predicted molar refractivity (Wildman–Crippen MR) is 50.0 cm³/mol. The number of carbonyl (C=O) groups is 1. The van der Waals surface area contributed by atoms with E-state index in [9.17, 15) is 4.79 Å². The Morgan fingerprint density at radius 3 is 2.80 bits per heavy atom. The van der Waals surface area contributed by atoms with Crippen LogP contribution in [0.25, 0.3) is 0 Å². The van der Waals surface area contributed by atoms with E-state index >= 15 is 0 Å². The lowest BCUT2D eigenvalue weighted by atomic mass is 10.2. The highest BCUT2D eigenvalue weighted by Gasteiger charge is 2.19. The van der Waals surface area contributed by atoms with Gasteiger partial charge in [-0.05, 0) is 12.1 Å². The van der Waals surface area contributed by atoms with E-state index in [4.69, 9.17) is 9.84 Å². The van der Waals surface area contributed by atoms with Gasteiger partial charge < -0.3 is 9.84 Å². The van der Waals surface area contributed by atoms with Crippen molar-refractivity contribution in [1.82, 2.24) is 11.0 Å². The third kappa shape index (κ3) is 2.24. The van der Waals surface area contributed by atoms with E-state index in [1.165, 1.54) is 6.07 Å². The standard InChI is InChI=1S/C9H10N2O4/c12-9(13)6-3-1-2-4-7(6)14-5-8-10-15-11-8/h1-4,8,10-11H,5H2,(H,12,13). The summed E-state index contributed by atoms with van der Waals surface area (Å²) in [5.41, 5.74) is 5.31. The smallest absolute Gasteiger partial charge is 0.339 e. The van der Waals surface area contributed by atoms with E-state index in [1.54, 1.807) is 18.2 Å². The Morgan fingerprint density at radius 1 is 1.47 bits per heavy atom. The monoisotopic (exact) mass is 210 g/mol. The fourth-order valence-corrected chi connectivity index (χ4v) is 1.15. The summed E-state index contributed by atoms with van der Waals surface area (Å²) in [5, 5.41) is 8.87. The molecule has 1 aliphatic rings. The molecule has 1 saturated heterocycles. The van der Waals surface area contributed by atoms with Gasteiger partial charge in [-0.25, -0.2) is 9.73 Å². The fraction of sp³-hybridized carbons (Fsp3) is 0.222. The average Bonchev–Trinajstić information content (AvgIpc) is 2.16. The normalized spacial score (nSPS) is 15.7. The molecule has 0 atom stereocenters. The van der Waals surface area contributed by atoms with Crippen molar-refractivity contribution in [2.75, 3.05) is 6.61 Å². The van der Waals surface area contributed by atoms with Crippen molar-refractivity contribution in [2.24, 2.45) is 0 Å². The van der Waals surface area contributed by atoms with Crippen molar-refractivity contribution in [3.63, 3.8) is 0 Å². The highest BCUT2D eigenvalue weighted by molar-refractivity contribution is 5.90. The number of para-hydroxylation sites is 1. The number of benzene rings is 1. The molecule has 80 valence electrons. The molecule has 15 heavy (non-hydrogen) atoms. The molecule has 0 unspecified atom stereocenters. The third-order valence-corrected chi connectivity index (χ3v) is 1.93. The molecule has 0 bridgehead atoms. The van der Waals surface area contributed by atoms with E-state index in [2.05, 4.69) is 15.9 Å². The van der Waals surface area contributed by atoms with Crippen LogP contribution in [0.15, 0.2) is 24.3 Å². The van der Waals surface area contributed by atoms with Gasteiger partial charge in [0, 0.05) is 0 Å². The average molecular weight is 210 g/mol. The Hall–Kier alpha value is -1.63. The molecule has 0 aliphatic carbocycles. The summed E-state index contributed by atoms with van der Waals surface area (Å²) in [6.45, 7) is 0.296. The van der Waals surface area contributed by atoms with Crippen molar-refractivity contribution < 1.29 is 19.6 Å². The van der Waals surface area contributed by atoms with Gasteiger partial charge in [-0.15, -0.1) is 0 Å². The summed E-state index contributed by atoms with van der Waals surface area (Å²) < 4.78 is 5.32. The quantitative estimate of drug-likeness (QED) is 0.655. The second-order valence-electron chi connectivity index (χ2n) is 3.00. The maximum Gasteiger partial charge on any atom is 0.339 e. The topological polar surface area (TPSA) is 79.8 Å². The molecular formula is C9H10N2O4. The molecule has 2 rings (SSSR count). The van der Waals surface area contributed by atoms with Crippen LogP contribution in [0.4, 0.5) is 0 Å². The van der Waals surface area contributed by atoms with Gasteiger partial charge in [0.25, 0.3) is 0 Å². The van der Waals surface area contributed by atoms with Crippen LogP contribution in [-0.2, 0) is 4.94 Å². The molecule has 3 N–H and O–H groups in total. The fourth-order valence-electron chi connectivity index (χ4n) is 1.15. The first kappa shape index (κ1) is 9.91. The molecule has 6 nitrogen and oxygen atoms in total. The zero-order valence-electron chi connectivity index (χ0n) is 7.77. The number of nitrogens with one attached hydrogen (secondary N) is 2. The van der Waals surface area contributed by atoms with E-state index in [0.29, 0.717) is 12.4 Å². The number of rotatable bonds is 4. The van der Waals surface area contributed by atoms with Crippen molar-refractivity contribution in [1.29, 1.82) is 0 Å². The van der Waals surface area contributed by atoms with Gasteiger partial charge in [0.1, 0.15) is 24.1 Å². The summed E-state index contributed by atoms with van der Waals surface area (Å²) in [7, 11) is 0. The zero-order valence-corrected chi connectivity index (χ0v) is 7.77. The summed E-state index contributed by atoms with van der Waals surface area (Å²) in [4.78, 5) is 15.3. The van der Waals surface area contributed by atoms with Crippen LogP contribution < -0.4 is 15.7 Å². The molecule has 1 aromatic rings. The highest BCUT2D eigenvalue weighted by Crippen LogP contribution is 2.17. The third-order valence-electron chi connectivity index (χ3n) is 1.93. The van der Waals surface area contributed by atoms with Crippen molar-refractivity contribution >= 4 is 5.97 Å². The zero-order chi connectivity index (χ0) is 10.7. The molecule has 0 radical (unpaired) electrons. The number of ether oxygens (including phenoxy) is 1. The van der Waals surface area contributed by atoms with E-state index < -0.39 is 5.97 Å². The van der Waals surface area contributed by atoms with E-state index in [-0.39, 0.29) is 11.7 Å². The van der Waals surface area contributed by atoms with Crippen LogP contribution in [0.5, 0.6) is 5.75 Å². The number of hydroxylamine groups is 2. The summed E-state index contributed by atoms with van der Waals surface area (Å²) >= 11 is 0. The number of aromatic carboxylic acids is 1. The first-order valence-electron chi connectivity index (χ1n) is 4.39. The van der Waals surface area contributed by atoms with Gasteiger partial charge in [0.15, 0.2) is 0 Å². The summed E-state index contributed by atoms with van der Waals surface area (Å²) in [6, 6.07) is 6.48. The number of carboxylic acid groups (broad SMARTS) is 1. The first-order valence-corrected chi connectivity index (χ1v) is 4.39. The maximum absolute atomic E-state index is 10.8. The van der Waals surface area contributed by atoms with Crippen LogP contribution in [0.2, 0.25) is 0 Å². The minimum absolute atomic E-state index is 0.105. The van der Waals surface area contributed by atoms with Crippen LogP contribution in [0.3, 0.4) is 0 Å². The molecule has 1 aromatic carbocycles. The Labute approximate surface area is 85.7 Å². The Morgan fingerprint density at radius 2 is 2.20 bits per heavy atom. The van der Waals surface area contributed by atoms with Crippen molar-refractivity contribution in [3.8, 4) is 5.75 Å². The number of carboxylic acids is 1. The Bertz CT molecular complexity index is 365. The van der Waals surface area contributed by atoms with Gasteiger partial charge in [0.05, 0.1) is 0 Å². The largest absolute Gasteiger partial charge is 0.489 e. The molecule has 0 saturated carbocycles. The lowest BCUT2D eigenvalue weighted by molar-refractivity contribution is -0.200. The molecule has 1 aliphatic heterocycles.